The zero-order valence-corrected chi connectivity index (χ0v) is 81.9. The molecule has 0 saturated heterocycles. The van der Waals surface area contributed by atoms with Crippen LogP contribution in [0.5, 0.6) is 28.7 Å². The van der Waals surface area contributed by atoms with Crippen molar-refractivity contribution in [1.29, 1.82) is 0 Å². The van der Waals surface area contributed by atoms with Crippen LogP contribution < -0.4 is 34.3 Å². The number of pyridine rings is 1. The van der Waals surface area contributed by atoms with Gasteiger partial charge in [0.25, 0.3) is 0 Å². The first-order valence-corrected chi connectivity index (χ1v) is 44.6. The molecule has 0 bridgehead atoms. The van der Waals surface area contributed by atoms with Crippen LogP contribution in [0.2, 0.25) is 0 Å². The molecular weight excluding hydrogens is 1760 g/mol. The highest BCUT2D eigenvalue weighted by atomic mass is 19.1. The molecule has 7 amide bonds. The molecule has 0 radical (unpaired) electrons. The largest absolute Gasteiger partial charge is 0.491 e. The zero-order valence-electron chi connectivity index (χ0n) is 81.9. The highest BCUT2D eigenvalue weighted by Gasteiger charge is 2.27. The van der Waals surface area contributed by atoms with Crippen LogP contribution in [0.1, 0.15) is 199 Å². The number of urea groups is 2. The predicted molar refractivity (Wildman–Crippen MR) is 525 cm³/mol. The smallest absolute Gasteiger partial charge is 0.339 e. The number of carboxylic acids is 4. The SMILES string of the molecule is CC(C)c1ccccc1OCCN(C)C(=O)Cc1ccccc1C(=O)O.CN(CCOc1ccc(F)cc1C(C)(C)C)C(=O)Nc1ccccc1C(=O)O.CN(CCOc1ccccc1C(C)(C)C)C(=O)Cc1ccccc1C(=O)O.CN(CCOc1ccccc1C(C)(C)C)C(=O)Cc1ccncc1C(=O)O.COC(=O)c1ccccc1NC(=O)N(C)CCOc1ccc(F)cc1C(C)(C)C. The van der Waals surface area contributed by atoms with Gasteiger partial charge in [-0.25, -0.2) is 42.3 Å². The van der Waals surface area contributed by atoms with Crippen molar-refractivity contribution < 1.29 is 106 Å². The number of carboxylic acid groups (broad SMARTS) is 4. The van der Waals surface area contributed by atoms with Crippen LogP contribution >= 0.6 is 0 Å². The Morgan fingerprint density at radius 1 is 0.343 bits per heavy atom. The van der Waals surface area contributed by atoms with Crippen molar-refractivity contribution in [3.63, 3.8) is 0 Å². The molecule has 28 nitrogen and oxygen atoms in total. The number of hydrogen-bond acceptors (Lipinski definition) is 17. The second kappa shape index (κ2) is 52.8. The summed E-state index contributed by atoms with van der Waals surface area (Å²) in [6, 6.07) is 59.1. The van der Waals surface area contributed by atoms with Crippen LogP contribution in [-0.2, 0) is 60.0 Å². The third-order valence-electron chi connectivity index (χ3n) is 21.5. The topological polar surface area (TPSA) is 360 Å². The van der Waals surface area contributed by atoms with E-state index in [1.165, 1.54) is 77.8 Å². The number of aromatic nitrogens is 1. The quantitative estimate of drug-likeness (QED) is 0.0204. The van der Waals surface area contributed by atoms with Gasteiger partial charge in [-0.05, 0) is 158 Å². The number of carbonyl (C=O) groups is 10. The summed E-state index contributed by atoms with van der Waals surface area (Å²) in [6.07, 6.45) is 2.87. The normalized spacial score (nSPS) is 11.0. The number of amides is 7. The van der Waals surface area contributed by atoms with Crippen molar-refractivity contribution in [2.75, 3.05) is 119 Å². The van der Waals surface area contributed by atoms with Gasteiger partial charge in [-0.3, -0.25) is 19.4 Å². The van der Waals surface area contributed by atoms with E-state index in [-0.39, 0.29) is 130 Å². The molecule has 0 aliphatic carbocycles. The highest BCUT2D eigenvalue weighted by molar-refractivity contribution is 6.02. The van der Waals surface area contributed by atoms with E-state index >= 15 is 0 Å². The van der Waals surface area contributed by atoms with E-state index in [0.29, 0.717) is 85.8 Å². The molecule has 9 aromatic carbocycles. The van der Waals surface area contributed by atoms with Crippen LogP contribution in [0.3, 0.4) is 0 Å². The minimum absolute atomic E-state index is 0.0131. The first-order chi connectivity index (χ1) is 64.5. The Hall–Kier alpha value is -14.7. The molecule has 137 heavy (non-hydrogen) atoms. The van der Waals surface area contributed by atoms with E-state index in [2.05, 4.69) is 71.0 Å². The Bertz CT molecular complexity index is 5600. The second-order valence-corrected chi connectivity index (χ2v) is 36.5. The summed E-state index contributed by atoms with van der Waals surface area (Å²) in [7, 11) is 9.56. The standard InChI is InChI=1S/C22H27FN2O4.C22H27NO4.C21H25FN2O4.C21H26N2O4.C21H25NO4/c1-22(2,3)17-14-15(23)10-11-19(17)29-13-12-25(4)21(27)24-18-9-7-6-8-16(18)20(26)28-5;1-22(2,3)18-11-7-8-12-19(18)27-14-13-23(4)20(24)15-16-9-5-6-10-17(16)21(25)26;1-21(2,3)16-13-14(22)9-10-18(16)28-12-11-24(4)20(27)23-17-8-6-5-7-15(17)19(25)26;1-21(2,3)17-7-5-6-8-18(17)27-12-11-23(4)19(24)13-15-9-10-22-14-16(15)20(25)26;1-15(2)17-9-6-7-11-19(17)26-13-12-22(3)20(23)14-16-8-4-5-10-18(16)21(24)25/h6-11,14H,12-13H2,1-5H3,(H,24,27);5-12H,13-15H2,1-4H3,(H,25,26);5-10,13H,11-12H2,1-4H3,(H,23,27)(H,25,26);5-10,14H,11-13H2,1-4H3,(H,25,26);4-11,15H,12-14H2,1-3H3,(H,24,25). The van der Waals surface area contributed by atoms with Gasteiger partial charge in [-0.2, -0.15) is 0 Å². The first-order valence-electron chi connectivity index (χ1n) is 44.6. The monoisotopic (exact) mass is 1880 g/mol. The number of para-hydroxylation sites is 5. The maximum absolute atomic E-state index is 13.6. The molecule has 30 heteroatoms. The van der Waals surface area contributed by atoms with E-state index in [1.807, 2.05) is 114 Å². The lowest BCUT2D eigenvalue weighted by atomic mass is 9.86. The minimum Gasteiger partial charge on any atom is -0.491 e. The number of hydrogen-bond donors (Lipinski definition) is 6. The number of benzene rings is 9. The summed E-state index contributed by atoms with van der Waals surface area (Å²) in [5.74, 6) is -1.90. The lowest BCUT2D eigenvalue weighted by molar-refractivity contribution is -0.130. The molecule has 0 atom stereocenters. The Morgan fingerprint density at radius 3 is 0.993 bits per heavy atom. The number of rotatable bonds is 34. The molecule has 0 fully saturated rings. The molecule has 0 spiro atoms. The van der Waals surface area contributed by atoms with Gasteiger partial charge in [-0.1, -0.05) is 212 Å². The second-order valence-electron chi connectivity index (χ2n) is 36.5. The Labute approximate surface area is 801 Å². The maximum atomic E-state index is 13.6. The zero-order chi connectivity index (χ0) is 102. The lowest BCUT2D eigenvalue weighted by Crippen LogP contribution is -2.35. The van der Waals surface area contributed by atoms with Gasteiger partial charge in [0.15, 0.2) is 0 Å². The lowest BCUT2D eigenvalue weighted by Gasteiger charge is -2.24. The van der Waals surface area contributed by atoms with Crippen molar-refractivity contribution >= 4 is 71.0 Å². The van der Waals surface area contributed by atoms with Gasteiger partial charge < -0.3 is 84.0 Å². The van der Waals surface area contributed by atoms with Crippen LogP contribution in [0.25, 0.3) is 0 Å². The van der Waals surface area contributed by atoms with Gasteiger partial charge >= 0.3 is 41.9 Å². The van der Waals surface area contributed by atoms with Gasteiger partial charge in [0.2, 0.25) is 17.7 Å². The summed E-state index contributed by atoms with van der Waals surface area (Å²) in [6.45, 7) is 32.2. The molecule has 1 aromatic heterocycles. The third kappa shape index (κ3) is 35.9. The molecular formula is C107H130F2N8O20. The molecule has 1 heterocycles. The Kier molecular flexibility index (Phi) is 42.8. The average Bonchev–Trinajstić information content (AvgIpc) is 0.820. The molecule has 0 aliphatic heterocycles. The van der Waals surface area contributed by atoms with Crippen LogP contribution in [0, 0.1) is 11.6 Å². The molecule has 10 rings (SSSR count). The number of nitrogens with zero attached hydrogens (tertiary/aromatic N) is 6. The van der Waals surface area contributed by atoms with Gasteiger partial charge in [-0.15, -0.1) is 0 Å². The van der Waals surface area contributed by atoms with Crippen LogP contribution in [0.15, 0.2) is 225 Å². The van der Waals surface area contributed by atoms with E-state index in [4.69, 9.17) is 28.4 Å². The fourth-order valence-corrected chi connectivity index (χ4v) is 13.5. The predicted octanol–water partition coefficient (Wildman–Crippen LogP) is 19.3. The number of methoxy groups -OCH3 is 1. The maximum Gasteiger partial charge on any atom is 0.339 e. The van der Waals surface area contributed by atoms with Gasteiger partial charge in [0.05, 0.1) is 98.3 Å². The van der Waals surface area contributed by atoms with Crippen LogP contribution in [-0.4, -0.2) is 218 Å². The van der Waals surface area contributed by atoms with E-state index in [9.17, 15) is 77.2 Å². The number of esters is 1. The van der Waals surface area contributed by atoms with Crippen molar-refractivity contribution in [2.24, 2.45) is 0 Å². The first kappa shape index (κ1) is 111. The van der Waals surface area contributed by atoms with Gasteiger partial charge in [0, 0.05) is 58.8 Å². The molecule has 10 aromatic rings. The summed E-state index contributed by atoms with van der Waals surface area (Å²) in [5.41, 5.74) is 6.98. The third-order valence-corrected chi connectivity index (χ3v) is 21.5. The van der Waals surface area contributed by atoms with E-state index in [0.717, 1.165) is 45.1 Å². The van der Waals surface area contributed by atoms with Crippen LogP contribution in [0.4, 0.5) is 29.7 Å². The fourth-order valence-electron chi connectivity index (χ4n) is 13.5. The number of carbonyl (C=O) groups excluding carboxylic acids is 6. The molecule has 732 valence electrons. The molecule has 6 N–H and O–H groups in total. The number of anilines is 2. The number of likely N-dealkylation sites (N-methyl/N-ethyl adjacent to an activating group) is 5. The summed E-state index contributed by atoms with van der Waals surface area (Å²) < 4.78 is 61.1. The van der Waals surface area contributed by atoms with E-state index in [1.54, 1.807) is 141 Å². The summed E-state index contributed by atoms with van der Waals surface area (Å²) >= 11 is 0. The molecule has 0 aliphatic rings. The molecule has 0 unspecified atom stereocenters. The highest BCUT2D eigenvalue weighted by Crippen LogP contribution is 2.36. The fraction of sp³-hybridized carbons (Fsp3) is 0.355. The van der Waals surface area contributed by atoms with Crippen molar-refractivity contribution in [3.05, 3.63) is 309 Å². The summed E-state index contributed by atoms with van der Waals surface area (Å²) in [5, 5.41) is 42.1. The number of aromatic carboxylic acids is 4. The number of nitrogens with one attached hydrogen (secondary N) is 2. The number of ether oxygens (including phenoxy) is 6. The molecule has 0 saturated carbocycles. The average molecular weight is 1890 g/mol. The van der Waals surface area contributed by atoms with E-state index < -0.39 is 35.9 Å². The Morgan fingerprint density at radius 2 is 0.635 bits per heavy atom. The Balaban J connectivity index is 0.000000263. The minimum atomic E-state index is -1.12. The van der Waals surface area contributed by atoms with Crippen molar-refractivity contribution in [2.45, 2.75) is 144 Å². The number of halogens is 2. The van der Waals surface area contributed by atoms with Crippen molar-refractivity contribution in [1.82, 2.24) is 29.5 Å². The van der Waals surface area contributed by atoms with Gasteiger partial charge in [0.1, 0.15) is 73.4 Å². The summed E-state index contributed by atoms with van der Waals surface area (Å²) in [4.78, 5) is 130. The van der Waals surface area contributed by atoms with Crippen molar-refractivity contribution in [3.8, 4) is 28.7 Å².